The third-order valence-electron chi connectivity index (χ3n) is 3.83. The van der Waals surface area contributed by atoms with Crippen LogP contribution in [0.2, 0.25) is 0 Å². The molecule has 0 aliphatic carbocycles. The zero-order valence-electron chi connectivity index (χ0n) is 14.9. The summed E-state index contributed by atoms with van der Waals surface area (Å²) in [5, 5.41) is 3.40. The number of halogens is 2. The Morgan fingerprint density at radius 3 is 2.41 bits per heavy atom. The summed E-state index contributed by atoms with van der Waals surface area (Å²) < 4.78 is 7.26. The van der Waals surface area contributed by atoms with Gasteiger partial charge in [0.2, 0.25) is 0 Å². The van der Waals surface area contributed by atoms with Crippen LogP contribution in [0.4, 0.5) is 5.69 Å². The van der Waals surface area contributed by atoms with Crippen molar-refractivity contribution >= 4 is 66.5 Å². The van der Waals surface area contributed by atoms with Gasteiger partial charge in [-0.1, -0.05) is 19.1 Å². The van der Waals surface area contributed by atoms with Crippen LogP contribution in [0.3, 0.4) is 0 Å². The first kappa shape index (κ1) is 20.2. The van der Waals surface area contributed by atoms with Crippen LogP contribution < -0.4 is 10.1 Å². The Balaban J connectivity index is 1.81. The number of thioether (sulfide) groups is 1. The fourth-order valence-electron chi connectivity index (χ4n) is 2.50. The number of ether oxygens (including phenoxy) is 1. The highest BCUT2D eigenvalue weighted by Gasteiger charge is 2.24. The van der Waals surface area contributed by atoms with E-state index in [1.165, 1.54) is 17.3 Å². The molecule has 0 saturated carbocycles. The molecule has 0 bridgehead atoms. The largest absolute Gasteiger partial charge is 0.492 e. The standard InChI is InChI=1S/C20H18Br2N2O2S/c1-3-12-5-7-14(8-6-12)23-20-24-19(25)17(27-20)11-13-9-15(21)18(26-4-2)16(22)10-13/h5-11H,3-4H2,1-2H3,(H,23,24,25)/b17-11-. The summed E-state index contributed by atoms with van der Waals surface area (Å²) >= 11 is 8.37. The van der Waals surface area contributed by atoms with Crippen molar-refractivity contribution in [3.63, 3.8) is 0 Å². The second-order valence-electron chi connectivity index (χ2n) is 5.75. The Labute approximate surface area is 179 Å². The molecule has 1 N–H and O–H groups in total. The van der Waals surface area contributed by atoms with Crippen LogP contribution in [-0.2, 0) is 11.2 Å². The van der Waals surface area contributed by atoms with Crippen molar-refractivity contribution < 1.29 is 9.53 Å². The molecule has 0 spiro atoms. The van der Waals surface area contributed by atoms with Crippen LogP contribution in [-0.4, -0.2) is 17.7 Å². The number of nitrogens with one attached hydrogen (secondary N) is 1. The van der Waals surface area contributed by atoms with Gasteiger partial charge < -0.3 is 10.1 Å². The average molecular weight is 510 g/mol. The highest BCUT2D eigenvalue weighted by molar-refractivity contribution is 9.11. The predicted molar refractivity (Wildman–Crippen MR) is 120 cm³/mol. The van der Waals surface area contributed by atoms with Gasteiger partial charge in [-0.3, -0.25) is 4.79 Å². The molecule has 7 heteroatoms. The second-order valence-corrected chi connectivity index (χ2v) is 8.49. The van der Waals surface area contributed by atoms with E-state index in [1.54, 1.807) is 0 Å². The first-order valence-electron chi connectivity index (χ1n) is 8.50. The molecule has 27 heavy (non-hydrogen) atoms. The van der Waals surface area contributed by atoms with E-state index >= 15 is 0 Å². The minimum Gasteiger partial charge on any atom is -0.492 e. The number of rotatable bonds is 5. The number of carbonyl (C=O) groups is 1. The molecule has 3 rings (SSSR count). The maximum absolute atomic E-state index is 12.3. The molecule has 0 atom stereocenters. The number of hydrogen-bond acceptors (Lipinski definition) is 4. The molecular formula is C20H18Br2N2O2S. The molecule has 1 saturated heterocycles. The van der Waals surface area contributed by atoms with Gasteiger partial charge in [0, 0.05) is 0 Å². The van der Waals surface area contributed by atoms with Crippen LogP contribution in [0.25, 0.3) is 6.08 Å². The molecule has 1 amide bonds. The Morgan fingerprint density at radius 1 is 1.15 bits per heavy atom. The van der Waals surface area contributed by atoms with E-state index in [9.17, 15) is 4.79 Å². The van der Waals surface area contributed by atoms with E-state index in [1.807, 2.05) is 49.4 Å². The van der Waals surface area contributed by atoms with Gasteiger partial charge in [0.05, 0.1) is 26.1 Å². The first-order valence-corrected chi connectivity index (χ1v) is 10.9. The minimum atomic E-state index is -0.148. The topological polar surface area (TPSA) is 50.7 Å². The number of benzene rings is 2. The molecule has 1 fully saturated rings. The van der Waals surface area contributed by atoms with Crippen LogP contribution in [0, 0.1) is 0 Å². The number of nitrogens with zero attached hydrogens (tertiary/aromatic N) is 1. The molecule has 4 nitrogen and oxygen atoms in total. The zero-order valence-corrected chi connectivity index (χ0v) is 18.9. The average Bonchev–Trinajstić information content (AvgIpc) is 2.98. The van der Waals surface area contributed by atoms with Gasteiger partial charge in [-0.2, -0.15) is 0 Å². The second kappa shape index (κ2) is 9.08. The number of amides is 1. The number of aliphatic imine (C=N–C) groups is 1. The van der Waals surface area contributed by atoms with Crippen molar-refractivity contribution in [2.45, 2.75) is 20.3 Å². The highest BCUT2D eigenvalue weighted by atomic mass is 79.9. The number of carbonyl (C=O) groups excluding carboxylic acids is 1. The summed E-state index contributed by atoms with van der Waals surface area (Å²) in [6.45, 7) is 4.63. The fraction of sp³-hybridized carbons (Fsp3) is 0.200. The van der Waals surface area contributed by atoms with Crippen molar-refractivity contribution in [1.29, 1.82) is 0 Å². The molecular weight excluding hydrogens is 492 g/mol. The third kappa shape index (κ3) is 5.03. The van der Waals surface area contributed by atoms with Gasteiger partial charge in [-0.05, 0) is 98.4 Å². The quantitative estimate of drug-likeness (QED) is 0.498. The molecule has 1 heterocycles. The van der Waals surface area contributed by atoms with Gasteiger partial charge in [-0.25, -0.2) is 4.99 Å². The van der Waals surface area contributed by atoms with Crippen molar-refractivity contribution in [3.05, 3.63) is 61.4 Å². The lowest BCUT2D eigenvalue weighted by Crippen LogP contribution is -2.19. The Morgan fingerprint density at radius 2 is 1.81 bits per heavy atom. The van der Waals surface area contributed by atoms with Gasteiger partial charge >= 0.3 is 0 Å². The molecule has 1 aliphatic heterocycles. The van der Waals surface area contributed by atoms with E-state index in [0.717, 1.165) is 32.4 Å². The van der Waals surface area contributed by atoms with E-state index in [4.69, 9.17) is 4.74 Å². The lowest BCUT2D eigenvalue weighted by atomic mass is 10.2. The highest BCUT2D eigenvalue weighted by Crippen LogP contribution is 2.36. The lowest BCUT2D eigenvalue weighted by molar-refractivity contribution is -0.115. The van der Waals surface area contributed by atoms with E-state index in [0.29, 0.717) is 16.7 Å². The van der Waals surface area contributed by atoms with Crippen molar-refractivity contribution in [1.82, 2.24) is 5.32 Å². The Hall–Kier alpha value is -1.57. The van der Waals surface area contributed by atoms with E-state index < -0.39 is 0 Å². The summed E-state index contributed by atoms with van der Waals surface area (Å²) in [5.41, 5.74) is 2.97. The van der Waals surface area contributed by atoms with Gasteiger partial charge in [-0.15, -0.1) is 0 Å². The lowest BCUT2D eigenvalue weighted by Gasteiger charge is -2.09. The Bertz CT molecular complexity index is 901. The van der Waals surface area contributed by atoms with Crippen molar-refractivity contribution in [2.75, 3.05) is 6.61 Å². The molecule has 2 aromatic carbocycles. The Kier molecular flexibility index (Phi) is 6.78. The normalized spacial score (nSPS) is 16.8. The van der Waals surface area contributed by atoms with Crippen LogP contribution in [0.5, 0.6) is 5.75 Å². The smallest absolute Gasteiger partial charge is 0.264 e. The summed E-state index contributed by atoms with van der Waals surface area (Å²) in [6, 6.07) is 11.9. The first-order chi connectivity index (χ1) is 13.0. The molecule has 1 aliphatic rings. The summed E-state index contributed by atoms with van der Waals surface area (Å²) in [6.07, 6.45) is 2.83. The van der Waals surface area contributed by atoms with Crippen molar-refractivity contribution in [3.8, 4) is 5.75 Å². The van der Waals surface area contributed by atoms with Gasteiger partial charge in [0.15, 0.2) is 5.17 Å². The summed E-state index contributed by atoms with van der Waals surface area (Å²) in [7, 11) is 0. The fourth-order valence-corrected chi connectivity index (χ4v) is 4.79. The third-order valence-corrected chi connectivity index (χ3v) is 5.92. The summed E-state index contributed by atoms with van der Waals surface area (Å²) in [4.78, 5) is 17.4. The van der Waals surface area contributed by atoms with Crippen LogP contribution in [0.1, 0.15) is 25.0 Å². The minimum absolute atomic E-state index is 0.148. The molecule has 140 valence electrons. The number of amidine groups is 1. The predicted octanol–water partition coefficient (Wildman–Crippen LogP) is 6.06. The maximum Gasteiger partial charge on any atom is 0.264 e. The van der Waals surface area contributed by atoms with Gasteiger partial charge in [0.1, 0.15) is 5.75 Å². The molecule has 2 aromatic rings. The zero-order chi connectivity index (χ0) is 19.4. The van der Waals surface area contributed by atoms with Gasteiger partial charge in [0.25, 0.3) is 5.91 Å². The molecule has 0 radical (unpaired) electrons. The SMILES string of the molecule is CCOc1c(Br)cc(/C=C2\SC(=Nc3ccc(CC)cc3)NC2=O)cc1Br. The van der Waals surface area contributed by atoms with Crippen LogP contribution in [0.15, 0.2) is 55.2 Å². The molecule has 0 aromatic heterocycles. The van der Waals surface area contributed by atoms with Crippen LogP contribution >= 0.6 is 43.6 Å². The summed E-state index contributed by atoms with van der Waals surface area (Å²) in [5.74, 6) is 0.603. The van der Waals surface area contributed by atoms with Crippen molar-refractivity contribution in [2.24, 2.45) is 4.99 Å². The van der Waals surface area contributed by atoms with E-state index in [2.05, 4.69) is 49.1 Å². The monoisotopic (exact) mass is 508 g/mol. The van der Waals surface area contributed by atoms with E-state index in [-0.39, 0.29) is 5.91 Å². The maximum atomic E-state index is 12.3. The number of aryl methyl sites for hydroxylation is 1. The number of hydrogen-bond donors (Lipinski definition) is 1. The molecule has 0 unspecified atom stereocenters.